The first-order valence-corrected chi connectivity index (χ1v) is 8.53. The molecule has 3 N–H and O–H groups in total. The Morgan fingerprint density at radius 3 is 2.38 bits per heavy atom. The highest BCUT2D eigenvalue weighted by Crippen LogP contribution is 2.21. The predicted molar refractivity (Wildman–Crippen MR) is 88.6 cm³/mol. The minimum atomic E-state index is -4.03. The average molecular weight is 369 g/mol. The fraction of sp³-hybridized carbons (Fsp3) is 0.0667. The van der Waals surface area contributed by atoms with E-state index >= 15 is 0 Å². The van der Waals surface area contributed by atoms with Gasteiger partial charge >= 0.3 is 12.0 Å². The Morgan fingerprint density at radius 2 is 1.75 bits per heavy atom. The quantitative estimate of drug-likeness (QED) is 0.750. The Hall–Kier alpha value is -2.58. The zero-order valence-electron chi connectivity index (χ0n) is 12.2. The summed E-state index contributed by atoms with van der Waals surface area (Å²) in [4.78, 5) is 22.7. The van der Waals surface area contributed by atoms with Gasteiger partial charge in [0.05, 0.1) is 11.3 Å². The smallest absolute Gasteiger partial charge is 0.333 e. The van der Waals surface area contributed by atoms with Crippen LogP contribution in [0.2, 0.25) is 5.02 Å². The number of carboxylic acids is 1. The number of halogens is 1. The number of amides is 2. The summed E-state index contributed by atoms with van der Waals surface area (Å²) in [5.74, 6) is -1.11. The van der Waals surface area contributed by atoms with Gasteiger partial charge in [-0.3, -0.25) is 4.79 Å². The Kier molecular flexibility index (Phi) is 5.42. The number of hydrogen-bond acceptors (Lipinski definition) is 4. The number of urea groups is 1. The molecule has 2 rings (SSSR count). The van der Waals surface area contributed by atoms with Crippen LogP contribution in [0.25, 0.3) is 0 Å². The van der Waals surface area contributed by atoms with Gasteiger partial charge in [0.15, 0.2) is 0 Å². The van der Waals surface area contributed by atoms with E-state index < -0.39 is 22.0 Å². The minimum absolute atomic E-state index is 0.0676. The number of sulfonamides is 1. The van der Waals surface area contributed by atoms with E-state index in [0.29, 0.717) is 5.02 Å². The Balaban J connectivity index is 2.17. The largest absolute Gasteiger partial charge is 0.481 e. The van der Waals surface area contributed by atoms with Crippen LogP contribution < -0.4 is 10.0 Å². The molecule has 0 saturated carbocycles. The average Bonchev–Trinajstić information content (AvgIpc) is 2.50. The van der Waals surface area contributed by atoms with Crippen LogP contribution in [0.5, 0.6) is 0 Å². The lowest BCUT2D eigenvalue weighted by molar-refractivity contribution is -0.136. The van der Waals surface area contributed by atoms with Gasteiger partial charge in [0.25, 0.3) is 10.0 Å². The molecule has 0 saturated heterocycles. The third-order valence-corrected chi connectivity index (χ3v) is 4.52. The lowest BCUT2D eigenvalue weighted by Gasteiger charge is -2.12. The molecule has 2 amide bonds. The normalized spacial score (nSPS) is 10.9. The SMILES string of the molecule is O=C(O)Cc1cc(Cl)ccc1NC(=O)NS(=O)(=O)c1ccccc1. The molecule has 126 valence electrons. The first-order chi connectivity index (χ1) is 11.3. The lowest BCUT2D eigenvalue weighted by atomic mass is 10.1. The van der Waals surface area contributed by atoms with Crippen molar-refractivity contribution < 1.29 is 23.1 Å². The fourth-order valence-corrected chi connectivity index (χ4v) is 3.04. The van der Waals surface area contributed by atoms with Crippen molar-refractivity contribution in [1.29, 1.82) is 0 Å². The van der Waals surface area contributed by atoms with Crippen molar-refractivity contribution in [1.82, 2.24) is 4.72 Å². The van der Waals surface area contributed by atoms with Crippen LogP contribution in [0, 0.1) is 0 Å². The monoisotopic (exact) mass is 368 g/mol. The molecule has 0 aliphatic carbocycles. The number of aliphatic carboxylic acids is 1. The molecule has 0 heterocycles. The van der Waals surface area contributed by atoms with E-state index in [1.807, 2.05) is 4.72 Å². The van der Waals surface area contributed by atoms with E-state index in [1.54, 1.807) is 6.07 Å². The van der Waals surface area contributed by atoms with Gasteiger partial charge in [0, 0.05) is 10.7 Å². The summed E-state index contributed by atoms with van der Waals surface area (Å²) in [6.07, 6.45) is -0.373. The number of rotatable bonds is 5. The second-order valence-corrected chi connectivity index (χ2v) is 6.86. The Labute approximate surface area is 143 Å². The van der Waals surface area contributed by atoms with Crippen molar-refractivity contribution in [2.45, 2.75) is 11.3 Å². The van der Waals surface area contributed by atoms with Gasteiger partial charge in [0.1, 0.15) is 0 Å². The lowest BCUT2D eigenvalue weighted by Crippen LogP contribution is -2.34. The van der Waals surface area contributed by atoms with Crippen molar-refractivity contribution in [3.63, 3.8) is 0 Å². The molecule has 7 nitrogen and oxygen atoms in total. The zero-order valence-corrected chi connectivity index (χ0v) is 13.8. The molecule has 0 aromatic heterocycles. The van der Waals surface area contributed by atoms with Crippen LogP contribution in [0.4, 0.5) is 10.5 Å². The number of hydrogen-bond donors (Lipinski definition) is 3. The van der Waals surface area contributed by atoms with Crippen LogP contribution >= 0.6 is 11.6 Å². The summed E-state index contributed by atoms with van der Waals surface area (Å²) >= 11 is 5.81. The number of nitrogens with one attached hydrogen (secondary N) is 2. The molecular formula is C15H13ClN2O5S. The number of carbonyl (C=O) groups is 2. The molecule has 0 bridgehead atoms. The van der Waals surface area contributed by atoms with E-state index in [4.69, 9.17) is 16.7 Å². The highest BCUT2D eigenvalue weighted by atomic mass is 35.5. The third kappa shape index (κ3) is 4.71. The van der Waals surface area contributed by atoms with Crippen molar-refractivity contribution in [2.75, 3.05) is 5.32 Å². The minimum Gasteiger partial charge on any atom is -0.481 e. The molecule has 24 heavy (non-hydrogen) atoms. The van der Waals surface area contributed by atoms with Gasteiger partial charge in [-0.25, -0.2) is 17.9 Å². The van der Waals surface area contributed by atoms with Crippen molar-refractivity contribution >= 4 is 39.3 Å². The second kappa shape index (κ2) is 7.33. The first kappa shape index (κ1) is 17.8. The summed E-state index contributed by atoms with van der Waals surface area (Å²) in [6.45, 7) is 0. The third-order valence-electron chi connectivity index (χ3n) is 2.94. The second-order valence-electron chi connectivity index (χ2n) is 4.74. The molecule has 0 unspecified atom stereocenters. The molecule has 0 spiro atoms. The summed E-state index contributed by atoms with van der Waals surface area (Å²) in [6, 6.07) is 10.6. The molecule has 2 aromatic carbocycles. The van der Waals surface area contributed by atoms with Crippen LogP contribution in [-0.2, 0) is 21.2 Å². The highest BCUT2D eigenvalue weighted by molar-refractivity contribution is 7.90. The van der Waals surface area contributed by atoms with E-state index in [2.05, 4.69) is 5.32 Å². The Bertz CT molecular complexity index is 869. The number of benzene rings is 2. The van der Waals surface area contributed by atoms with Crippen LogP contribution in [0.3, 0.4) is 0 Å². The van der Waals surface area contributed by atoms with Gasteiger partial charge < -0.3 is 10.4 Å². The van der Waals surface area contributed by atoms with Crippen molar-refractivity contribution in [3.05, 3.63) is 59.1 Å². The molecule has 0 radical (unpaired) electrons. The van der Waals surface area contributed by atoms with Gasteiger partial charge in [-0.05, 0) is 35.9 Å². The topological polar surface area (TPSA) is 113 Å². The first-order valence-electron chi connectivity index (χ1n) is 6.67. The van der Waals surface area contributed by atoms with Crippen molar-refractivity contribution in [2.24, 2.45) is 0 Å². The van der Waals surface area contributed by atoms with Crippen LogP contribution in [0.15, 0.2) is 53.4 Å². The molecular weight excluding hydrogens is 356 g/mol. The molecule has 0 aliphatic rings. The number of carboxylic acid groups (broad SMARTS) is 1. The van der Waals surface area contributed by atoms with E-state index in [0.717, 1.165) is 0 Å². The predicted octanol–water partition coefficient (Wildman–Crippen LogP) is 2.48. The van der Waals surface area contributed by atoms with E-state index in [-0.39, 0.29) is 22.6 Å². The number of carbonyl (C=O) groups excluding carboxylic acids is 1. The zero-order chi connectivity index (χ0) is 17.7. The van der Waals surface area contributed by atoms with Crippen molar-refractivity contribution in [3.8, 4) is 0 Å². The maximum atomic E-state index is 12.1. The van der Waals surface area contributed by atoms with Crippen LogP contribution in [-0.4, -0.2) is 25.5 Å². The van der Waals surface area contributed by atoms with E-state index in [9.17, 15) is 18.0 Å². The Morgan fingerprint density at radius 1 is 1.08 bits per heavy atom. The van der Waals surface area contributed by atoms with Gasteiger partial charge in [-0.1, -0.05) is 29.8 Å². The molecule has 0 aliphatic heterocycles. The van der Waals surface area contributed by atoms with Gasteiger partial charge in [-0.15, -0.1) is 0 Å². The molecule has 9 heteroatoms. The highest BCUT2D eigenvalue weighted by Gasteiger charge is 2.18. The standard InChI is InChI=1S/C15H13ClN2O5S/c16-11-6-7-13(10(8-11)9-14(19)20)17-15(21)18-24(22,23)12-4-2-1-3-5-12/h1-8H,9H2,(H,19,20)(H2,17,18,21). The molecule has 0 atom stereocenters. The number of anilines is 1. The summed E-state index contributed by atoms with van der Waals surface area (Å²) in [7, 11) is -4.03. The fourth-order valence-electron chi connectivity index (χ4n) is 1.92. The van der Waals surface area contributed by atoms with E-state index in [1.165, 1.54) is 42.5 Å². The van der Waals surface area contributed by atoms with Crippen LogP contribution in [0.1, 0.15) is 5.56 Å². The van der Waals surface area contributed by atoms with Gasteiger partial charge in [0.2, 0.25) is 0 Å². The van der Waals surface area contributed by atoms with Gasteiger partial charge in [-0.2, -0.15) is 0 Å². The molecule has 0 fully saturated rings. The molecule has 2 aromatic rings. The summed E-state index contributed by atoms with van der Waals surface area (Å²) in [5.41, 5.74) is 0.407. The summed E-state index contributed by atoms with van der Waals surface area (Å²) < 4.78 is 26.0. The maximum Gasteiger partial charge on any atom is 0.333 e. The maximum absolute atomic E-state index is 12.1. The summed E-state index contributed by atoms with van der Waals surface area (Å²) in [5, 5.41) is 11.5.